The van der Waals surface area contributed by atoms with Gasteiger partial charge in [-0.05, 0) is 29.8 Å². The highest BCUT2D eigenvalue weighted by atomic mass is 32.2. The summed E-state index contributed by atoms with van der Waals surface area (Å²) in [4.78, 5) is 19.1. The molecule has 4 rings (SSSR count). The van der Waals surface area contributed by atoms with Gasteiger partial charge in [-0.2, -0.15) is 4.99 Å². The Bertz CT molecular complexity index is 1230. The van der Waals surface area contributed by atoms with Crippen LogP contribution in [-0.2, 0) is 21.1 Å². The Morgan fingerprint density at radius 2 is 1.71 bits per heavy atom. The van der Waals surface area contributed by atoms with Gasteiger partial charge in [-0.25, -0.2) is 8.42 Å². The third kappa shape index (κ3) is 4.80. The van der Waals surface area contributed by atoms with Gasteiger partial charge in [0, 0.05) is 11.3 Å². The van der Waals surface area contributed by atoms with Crippen molar-refractivity contribution in [3.05, 3.63) is 42.0 Å². The molecule has 0 saturated carbocycles. The average Bonchev–Trinajstić information content (AvgIpc) is 3.28. The molecule has 0 aliphatic carbocycles. The number of carbonyl (C=O) groups excluding carboxylic acids is 1. The van der Waals surface area contributed by atoms with E-state index >= 15 is 0 Å². The average molecular weight is 507 g/mol. The lowest BCUT2D eigenvalue weighted by Crippen LogP contribution is -2.38. The predicted molar refractivity (Wildman–Crippen MR) is 132 cm³/mol. The van der Waals surface area contributed by atoms with Crippen LogP contribution in [0, 0.1) is 0 Å². The number of amides is 1. The number of rotatable bonds is 7. The fraction of sp³-hybridized carbons (Fsp3) is 0.391. The lowest BCUT2D eigenvalue weighted by Gasteiger charge is -2.26. The standard InChI is InChI=1S/C23H26N2O7S2/c1-29-15-6-7-16(19(11-15)31-3)25-17-12-34(27,28)13-21(17)33-23(25)24-22(26)10-14-5-8-18(30-2)20(9-14)32-4/h5-9,11,17,21H,10,12-13H2,1-4H3. The Labute approximate surface area is 203 Å². The summed E-state index contributed by atoms with van der Waals surface area (Å²) in [7, 11) is 2.98. The Morgan fingerprint density at radius 1 is 0.971 bits per heavy atom. The number of fused-ring (bicyclic) bond motifs is 1. The summed E-state index contributed by atoms with van der Waals surface area (Å²) < 4.78 is 46.1. The van der Waals surface area contributed by atoms with E-state index in [9.17, 15) is 13.2 Å². The Hall–Kier alpha value is -2.92. The second-order valence-electron chi connectivity index (χ2n) is 7.86. The van der Waals surface area contributed by atoms with E-state index in [0.29, 0.717) is 33.9 Å². The molecule has 2 aromatic carbocycles. The molecule has 2 unspecified atom stereocenters. The highest BCUT2D eigenvalue weighted by molar-refractivity contribution is 8.16. The molecular formula is C23H26N2O7S2. The van der Waals surface area contributed by atoms with E-state index in [0.717, 1.165) is 5.56 Å². The SMILES string of the molecule is COc1ccc(N2C(=NC(=O)Cc3ccc(OC)c(OC)c3)SC3CS(=O)(=O)CC32)c(OC)c1. The zero-order valence-electron chi connectivity index (χ0n) is 19.3. The molecule has 0 radical (unpaired) electrons. The molecule has 2 aliphatic heterocycles. The van der Waals surface area contributed by atoms with Crippen LogP contribution in [0.25, 0.3) is 0 Å². The van der Waals surface area contributed by atoms with E-state index in [-0.39, 0.29) is 35.1 Å². The van der Waals surface area contributed by atoms with E-state index in [4.69, 9.17) is 18.9 Å². The highest BCUT2D eigenvalue weighted by Crippen LogP contribution is 2.44. The fourth-order valence-electron chi connectivity index (χ4n) is 4.14. The number of hydrogen-bond donors (Lipinski definition) is 0. The number of hydrogen-bond acceptors (Lipinski definition) is 8. The number of benzene rings is 2. The molecule has 0 N–H and O–H groups in total. The van der Waals surface area contributed by atoms with Crippen molar-refractivity contribution in [1.82, 2.24) is 0 Å². The number of carbonyl (C=O) groups is 1. The first-order valence-corrected chi connectivity index (χ1v) is 13.2. The fourth-order valence-corrected chi connectivity index (χ4v) is 8.07. The summed E-state index contributed by atoms with van der Waals surface area (Å²) in [6, 6.07) is 10.2. The molecule has 2 saturated heterocycles. The van der Waals surface area contributed by atoms with E-state index in [1.807, 2.05) is 4.90 Å². The molecule has 0 bridgehead atoms. The van der Waals surface area contributed by atoms with Crippen molar-refractivity contribution in [2.24, 2.45) is 4.99 Å². The first kappa shape index (κ1) is 24.2. The maximum absolute atomic E-state index is 12.9. The second-order valence-corrected chi connectivity index (χ2v) is 11.2. The van der Waals surface area contributed by atoms with Gasteiger partial charge in [-0.15, -0.1) is 0 Å². The summed E-state index contributed by atoms with van der Waals surface area (Å²) in [6.07, 6.45) is 0.0611. The Balaban J connectivity index is 1.67. The quantitative estimate of drug-likeness (QED) is 0.560. The van der Waals surface area contributed by atoms with Crippen molar-refractivity contribution in [2.45, 2.75) is 17.7 Å². The monoisotopic (exact) mass is 506 g/mol. The van der Waals surface area contributed by atoms with Gasteiger partial charge in [-0.3, -0.25) is 4.79 Å². The van der Waals surface area contributed by atoms with Crippen molar-refractivity contribution in [1.29, 1.82) is 0 Å². The summed E-state index contributed by atoms with van der Waals surface area (Å²) in [5.74, 6) is 1.89. The number of aliphatic imine (C=N–C) groups is 1. The summed E-state index contributed by atoms with van der Waals surface area (Å²) >= 11 is 1.31. The van der Waals surface area contributed by atoms with Crippen molar-refractivity contribution in [3.8, 4) is 23.0 Å². The molecule has 0 spiro atoms. The normalized spacial score (nSPS) is 21.9. The number of thioether (sulfide) groups is 1. The number of nitrogens with zero attached hydrogens (tertiary/aromatic N) is 2. The first-order valence-electron chi connectivity index (χ1n) is 10.5. The largest absolute Gasteiger partial charge is 0.497 e. The van der Waals surface area contributed by atoms with Gasteiger partial charge >= 0.3 is 0 Å². The van der Waals surface area contributed by atoms with Crippen LogP contribution in [0.2, 0.25) is 0 Å². The van der Waals surface area contributed by atoms with Gasteiger partial charge in [0.1, 0.15) is 11.5 Å². The van der Waals surface area contributed by atoms with Gasteiger partial charge in [-0.1, -0.05) is 17.8 Å². The minimum absolute atomic E-state index is 0.0112. The van der Waals surface area contributed by atoms with Crippen LogP contribution in [0.5, 0.6) is 23.0 Å². The minimum Gasteiger partial charge on any atom is -0.497 e. The summed E-state index contributed by atoms with van der Waals surface area (Å²) in [5, 5.41) is 0.239. The number of sulfone groups is 1. The van der Waals surface area contributed by atoms with Crippen molar-refractivity contribution in [2.75, 3.05) is 44.8 Å². The lowest BCUT2D eigenvalue weighted by molar-refractivity contribution is -0.117. The van der Waals surface area contributed by atoms with Crippen LogP contribution < -0.4 is 23.8 Å². The lowest BCUT2D eigenvalue weighted by atomic mass is 10.1. The minimum atomic E-state index is -3.19. The molecule has 0 aromatic heterocycles. The number of ether oxygens (including phenoxy) is 4. The van der Waals surface area contributed by atoms with Gasteiger partial charge in [0.15, 0.2) is 26.5 Å². The van der Waals surface area contributed by atoms with Crippen LogP contribution in [0.3, 0.4) is 0 Å². The van der Waals surface area contributed by atoms with Crippen LogP contribution in [0.1, 0.15) is 5.56 Å². The van der Waals surface area contributed by atoms with E-state index in [1.54, 1.807) is 50.6 Å². The Kier molecular flexibility index (Phi) is 6.94. The first-order chi connectivity index (χ1) is 16.3. The molecule has 1 amide bonds. The third-order valence-corrected chi connectivity index (χ3v) is 8.95. The second kappa shape index (κ2) is 9.75. The van der Waals surface area contributed by atoms with Crippen LogP contribution in [0.4, 0.5) is 5.69 Å². The third-order valence-electron chi connectivity index (χ3n) is 5.74. The number of anilines is 1. The zero-order chi connectivity index (χ0) is 24.5. The summed E-state index contributed by atoms with van der Waals surface area (Å²) in [5.41, 5.74) is 1.37. The number of methoxy groups -OCH3 is 4. The molecular weight excluding hydrogens is 480 g/mol. The smallest absolute Gasteiger partial charge is 0.252 e. The van der Waals surface area contributed by atoms with Crippen molar-refractivity contribution < 1.29 is 32.2 Å². The van der Waals surface area contributed by atoms with Gasteiger partial charge in [0.25, 0.3) is 5.91 Å². The zero-order valence-corrected chi connectivity index (χ0v) is 20.9. The summed E-state index contributed by atoms with van der Waals surface area (Å²) in [6.45, 7) is 0. The van der Waals surface area contributed by atoms with E-state index < -0.39 is 9.84 Å². The van der Waals surface area contributed by atoms with Crippen molar-refractivity contribution in [3.63, 3.8) is 0 Å². The molecule has 2 atom stereocenters. The molecule has 2 fully saturated rings. The molecule has 11 heteroatoms. The number of amidine groups is 1. The van der Waals surface area contributed by atoms with Crippen LogP contribution in [-0.4, -0.2) is 70.7 Å². The van der Waals surface area contributed by atoms with Gasteiger partial charge in [0.05, 0.1) is 58.1 Å². The van der Waals surface area contributed by atoms with Gasteiger partial charge in [0.2, 0.25) is 0 Å². The topological polar surface area (TPSA) is 104 Å². The van der Waals surface area contributed by atoms with Crippen molar-refractivity contribution >= 4 is 38.4 Å². The maximum Gasteiger partial charge on any atom is 0.252 e. The molecule has 182 valence electrons. The Morgan fingerprint density at radius 3 is 2.38 bits per heavy atom. The van der Waals surface area contributed by atoms with E-state index in [2.05, 4.69) is 4.99 Å². The van der Waals surface area contributed by atoms with Gasteiger partial charge < -0.3 is 23.8 Å². The molecule has 34 heavy (non-hydrogen) atoms. The molecule has 2 heterocycles. The predicted octanol–water partition coefficient (Wildman–Crippen LogP) is 2.57. The van der Waals surface area contributed by atoms with Crippen LogP contribution in [0.15, 0.2) is 41.4 Å². The van der Waals surface area contributed by atoms with Crippen LogP contribution >= 0.6 is 11.8 Å². The molecule has 2 aromatic rings. The molecule has 9 nitrogen and oxygen atoms in total. The molecule has 2 aliphatic rings. The maximum atomic E-state index is 12.9. The van der Waals surface area contributed by atoms with E-state index in [1.165, 1.54) is 26.0 Å². The highest BCUT2D eigenvalue weighted by Gasteiger charge is 2.50.